The molecule has 1 aromatic heterocycles. The second-order valence-corrected chi connectivity index (χ2v) is 6.78. The third-order valence-electron chi connectivity index (χ3n) is 4.52. The zero-order chi connectivity index (χ0) is 18.5. The van der Waals surface area contributed by atoms with Crippen LogP contribution in [0.1, 0.15) is 24.2 Å². The van der Waals surface area contributed by atoms with E-state index in [0.29, 0.717) is 25.1 Å². The van der Waals surface area contributed by atoms with E-state index in [4.69, 9.17) is 21.8 Å². The van der Waals surface area contributed by atoms with Crippen molar-refractivity contribution in [3.05, 3.63) is 59.0 Å². The van der Waals surface area contributed by atoms with Crippen molar-refractivity contribution in [2.75, 3.05) is 6.54 Å². The quantitative estimate of drug-likeness (QED) is 0.809. The Morgan fingerprint density at radius 2 is 2.04 bits per heavy atom. The second kappa shape index (κ2) is 8.38. The van der Waals surface area contributed by atoms with Gasteiger partial charge in [-0.1, -0.05) is 30.3 Å². The van der Waals surface area contributed by atoms with Gasteiger partial charge >= 0.3 is 0 Å². The highest BCUT2D eigenvalue weighted by molar-refractivity contribution is 6.28. The highest BCUT2D eigenvalue weighted by Gasteiger charge is 2.36. The fraction of sp³-hybridized carbons (Fsp3) is 0.368. The number of nitrogens with one attached hydrogen (secondary N) is 1. The Bertz CT molecular complexity index is 762. The molecule has 0 radical (unpaired) electrons. The van der Waals surface area contributed by atoms with E-state index in [1.807, 2.05) is 30.3 Å². The molecule has 2 amide bonds. The molecular weight excluding hydrogens is 354 g/mol. The Hall–Kier alpha value is -2.31. The lowest BCUT2D eigenvalue weighted by molar-refractivity contribution is -0.139. The number of likely N-dealkylation sites (tertiary alicyclic amines) is 1. The van der Waals surface area contributed by atoms with Gasteiger partial charge in [0.15, 0.2) is 5.22 Å². The molecule has 2 aromatic rings. The lowest BCUT2D eigenvalue weighted by Crippen LogP contribution is -2.51. The van der Waals surface area contributed by atoms with E-state index in [2.05, 4.69) is 5.32 Å². The number of nitrogens with zero attached hydrogens (tertiary/aromatic N) is 1. The molecule has 138 valence electrons. The van der Waals surface area contributed by atoms with Crippen LogP contribution in [-0.2, 0) is 22.6 Å². The number of hydrogen-bond donors (Lipinski definition) is 2. The van der Waals surface area contributed by atoms with Crippen LogP contribution in [0.25, 0.3) is 0 Å². The lowest BCUT2D eigenvalue weighted by atomic mass is 10.1. The topological polar surface area (TPSA) is 88.6 Å². The smallest absolute Gasteiger partial charge is 0.243 e. The Balaban J connectivity index is 1.57. The number of furan rings is 1. The largest absolute Gasteiger partial charge is 0.448 e. The van der Waals surface area contributed by atoms with Gasteiger partial charge in [-0.05, 0) is 48.6 Å². The maximum absolute atomic E-state index is 12.7. The molecule has 0 bridgehead atoms. The van der Waals surface area contributed by atoms with Gasteiger partial charge in [0.1, 0.15) is 11.8 Å². The van der Waals surface area contributed by atoms with Gasteiger partial charge in [-0.15, -0.1) is 0 Å². The van der Waals surface area contributed by atoms with Crippen molar-refractivity contribution in [2.24, 2.45) is 5.73 Å². The third-order valence-corrected chi connectivity index (χ3v) is 4.72. The van der Waals surface area contributed by atoms with Gasteiger partial charge in [0.2, 0.25) is 11.8 Å². The Labute approximate surface area is 157 Å². The number of carbonyl (C=O) groups is 2. The van der Waals surface area contributed by atoms with E-state index >= 15 is 0 Å². The molecule has 0 aliphatic carbocycles. The van der Waals surface area contributed by atoms with Gasteiger partial charge in [0.25, 0.3) is 0 Å². The molecule has 1 aliphatic heterocycles. The zero-order valence-electron chi connectivity index (χ0n) is 14.4. The molecule has 1 aliphatic rings. The van der Waals surface area contributed by atoms with E-state index in [9.17, 15) is 9.59 Å². The molecule has 0 spiro atoms. The molecule has 6 nitrogen and oxygen atoms in total. The van der Waals surface area contributed by atoms with Crippen molar-refractivity contribution in [1.29, 1.82) is 0 Å². The number of hydrogen-bond acceptors (Lipinski definition) is 4. The van der Waals surface area contributed by atoms with E-state index in [1.165, 1.54) is 0 Å². The Morgan fingerprint density at radius 1 is 1.27 bits per heavy atom. The van der Waals surface area contributed by atoms with Crippen molar-refractivity contribution < 1.29 is 14.0 Å². The van der Waals surface area contributed by atoms with Crippen molar-refractivity contribution in [2.45, 2.75) is 37.9 Å². The van der Waals surface area contributed by atoms with Gasteiger partial charge in [0.05, 0.1) is 12.6 Å². The van der Waals surface area contributed by atoms with Gasteiger partial charge < -0.3 is 20.4 Å². The Kier molecular flexibility index (Phi) is 5.96. The van der Waals surface area contributed by atoms with Gasteiger partial charge in [-0.2, -0.15) is 0 Å². The van der Waals surface area contributed by atoms with Crippen LogP contribution < -0.4 is 11.1 Å². The first-order valence-corrected chi connectivity index (χ1v) is 9.04. The predicted octanol–water partition coefficient (Wildman–Crippen LogP) is 2.11. The first-order chi connectivity index (χ1) is 12.5. The number of benzene rings is 1. The van der Waals surface area contributed by atoms with Crippen LogP contribution in [0.5, 0.6) is 0 Å². The summed E-state index contributed by atoms with van der Waals surface area (Å²) in [6, 6.07) is 11.8. The predicted molar refractivity (Wildman–Crippen MR) is 98.4 cm³/mol. The summed E-state index contributed by atoms with van der Waals surface area (Å²) in [5, 5.41) is 3.08. The van der Waals surface area contributed by atoms with Crippen LogP contribution in [0.15, 0.2) is 46.9 Å². The van der Waals surface area contributed by atoms with Gasteiger partial charge in [-0.3, -0.25) is 9.59 Å². The monoisotopic (exact) mass is 375 g/mol. The molecule has 1 fully saturated rings. The second-order valence-electron chi connectivity index (χ2n) is 6.41. The van der Waals surface area contributed by atoms with Crippen molar-refractivity contribution in [3.63, 3.8) is 0 Å². The third kappa shape index (κ3) is 4.45. The van der Waals surface area contributed by atoms with Crippen LogP contribution in [0, 0.1) is 0 Å². The minimum absolute atomic E-state index is 0.187. The first-order valence-electron chi connectivity index (χ1n) is 8.66. The summed E-state index contributed by atoms with van der Waals surface area (Å²) >= 11 is 5.72. The van der Waals surface area contributed by atoms with Crippen LogP contribution in [0.2, 0.25) is 5.22 Å². The molecule has 7 heteroatoms. The highest BCUT2D eigenvalue weighted by atomic mass is 35.5. The summed E-state index contributed by atoms with van der Waals surface area (Å²) < 4.78 is 5.23. The summed E-state index contributed by atoms with van der Waals surface area (Å²) in [5.41, 5.74) is 7.11. The molecule has 1 saturated heterocycles. The van der Waals surface area contributed by atoms with Crippen LogP contribution in [0.4, 0.5) is 0 Å². The molecule has 1 aromatic carbocycles. The summed E-state index contributed by atoms with van der Waals surface area (Å²) in [7, 11) is 0. The summed E-state index contributed by atoms with van der Waals surface area (Å²) in [6.07, 6.45) is 1.87. The minimum atomic E-state index is -0.658. The lowest BCUT2D eigenvalue weighted by Gasteiger charge is -2.26. The summed E-state index contributed by atoms with van der Waals surface area (Å²) in [6.45, 7) is 0.784. The van der Waals surface area contributed by atoms with Crippen molar-refractivity contribution >= 4 is 23.4 Å². The molecule has 3 rings (SSSR count). The van der Waals surface area contributed by atoms with Gasteiger partial charge in [-0.25, -0.2) is 0 Å². The summed E-state index contributed by atoms with van der Waals surface area (Å²) in [4.78, 5) is 26.8. The SMILES string of the molecule is N[C@H](Cc1ccccc1)C(=O)N1CCC[C@H]1C(=O)NCc1ccc(Cl)o1. The molecule has 2 heterocycles. The molecule has 0 unspecified atom stereocenters. The number of carbonyl (C=O) groups excluding carboxylic acids is 2. The molecule has 2 atom stereocenters. The molecular formula is C19H22ClN3O3. The average molecular weight is 376 g/mol. The summed E-state index contributed by atoms with van der Waals surface area (Å²) in [5.74, 6) is 0.183. The van der Waals surface area contributed by atoms with E-state index in [1.54, 1.807) is 17.0 Å². The maximum atomic E-state index is 12.7. The van der Waals surface area contributed by atoms with Crippen LogP contribution in [0.3, 0.4) is 0 Å². The maximum Gasteiger partial charge on any atom is 0.243 e. The number of halogens is 1. The Morgan fingerprint density at radius 3 is 2.73 bits per heavy atom. The minimum Gasteiger partial charge on any atom is -0.448 e. The standard InChI is InChI=1S/C19H22ClN3O3/c20-17-9-8-14(26-17)12-22-18(24)16-7-4-10-23(16)19(25)15(21)11-13-5-2-1-3-6-13/h1-3,5-6,8-9,15-16H,4,7,10-12,21H2,(H,22,24)/t15-,16+/m1/s1. The zero-order valence-corrected chi connectivity index (χ0v) is 15.1. The number of rotatable bonds is 6. The fourth-order valence-corrected chi connectivity index (χ4v) is 3.37. The highest BCUT2D eigenvalue weighted by Crippen LogP contribution is 2.20. The fourth-order valence-electron chi connectivity index (χ4n) is 3.21. The van der Waals surface area contributed by atoms with E-state index in [0.717, 1.165) is 12.0 Å². The van der Waals surface area contributed by atoms with Crippen LogP contribution >= 0.6 is 11.6 Å². The normalized spacial score (nSPS) is 17.9. The molecule has 3 N–H and O–H groups in total. The number of nitrogens with two attached hydrogens (primary N) is 1. The van der Waals surface area contributed by atoms with E-state index in [-0.39, 0.29) is 23.6 Å². The van der Waals surface area contributed by atoms with Gasteiger partial charge in [0, 0.05) is 6.54 Å². The van der Waals surface area contributed by atoms with Crippen LogP contribution in [-0.4, -0.2) is 35.3 Å². The molecule has 0 saturated carbocycles. The van der Waals surface area contributed by atoms with Crippen molar-refractivity contribution in [3.8, 4) is 0 Å². The van der Waals surface area contributed by atoms with E-state index < -0.39 is 12.1 Å². The average Bonchev–Trinajstić information content (AvgIpc) is 3.29. The molecule has 26 heavy (non-hydrogen) atoms. The first kappa shape index (κ1) is 18.5. The van der Waals surface area contributed by atoms with Crippen molar-refractivity contribution in [1.82, 2.24) is 10.2 Å². The number of amides is 2.